The number of anilines is 2. The molecule has 0 saturated heterocycles. The van der Waals surface area contributed by atoms with E-state index < -0.39 is 6.03 Å². The van der Waals surface area contributed by atoms with E-state index in [9.17, 15) is 9.59 Å². The van der Waals surface area contributed by atoms with E-state index in [4.69, 9.17) is 23.2 Å². The second kappa shape index (κ2) is 7.55. The third kappa shape index (κ3) is 4.49. The van der Waals surface area contributed by atoms with Crippen LogP contribution in [0, 0.1) is 0 Å². The van der Waals surface area contributed by atoms with Crippen molar-refractivity contribution in [2.75, 3.05) is 10.6 Å². The molecule has 0 unspecified atom stereocenters. The molecule has 0 aromatic heterocycles. The molecule has 0 atom stereocenters. The van der Waals surface area contributed by atoms with Crippen molar-refractivity contribution in [1.29, 1.82) is 0 Å². The van der Waals surface area contributed by atoms with Crippen LogP contribution in [0.3, 0.4) is 0 Å². The molecule has 128 valence electrons. The minimum Gasteiger partial charge on any atom is -0.308 e. The molecule has 6 nitrogen and oxygen atoms in total. The number of benzene rings is 2. The van der Waals surface area contributed by atoms with Crippen molar-refractivity contribution in [2.45, 2.75) is 12.8 Å². The molecule has 3 rings (SSSR count). The van der Waals surface area contributed by atoms with Gasteiger partial charge in [-0.1, -0.05) is 35.3 Å². The summed E-state index contributed by atoms with van der Waals surface area (Å²) >= 11 is 11.9. The average Bonchev–Trinajstić information content (AvgIpc) is 2.58. The van der Waals surface area contributed by atoms with Crippen molar-refractivity contribution < 1.29 is 9.59 Å². The number of hydrazone groups is 1. The zero-order valence-corrected chi connectivity index (χ0v) is 14.5. The van der Waals surface area contributed by atoms with E-state index >= 15 is 0 Å². The minimum absolute atomic E-state index is 0.0998. The molecular weight excluding hydrogens is 363 g/mol. The number of hydrogen-bond donors (Lipinski definition) is 3. The van der Waals surface area contributed by atoms with Crippen LogP contribution >= 0.6 is 23.2 Å². The molecule has 1 aliphatic heterocycles. The second-order valence-corrected chi connectivity index (χ2v) is 6.22. The zero-order chi connectivity index (χ0) is 17.8. The average molecular weight is 377 g/mol. The van der Waals surface area contributed by atoms with Crippen molar-refractivity contribution in [3.63, 3.8) is 0 Å². The Bertz CT molecular complexity index is 867. The SMILES string of the molecule is O=C1CCC(c2cccc(NC(=O)Nc3ccc(Cl)cc3Cl)c2)=NN1. The van der Waals surface area contributed by atoms with E-state index in [2.05, 4.69) is 21.2 Å². The van der Waals surface area contributed by atoms with Gasteiger partial charge in [-0.15, -0.1) is 0 Å². The molecule has 0 saturated carbocycles. The summed E-state index contributed by atoms with van der Waals surface area (Å²) in [6.45, 7) is 0. The summed E-state index contributed by atoms with van der Waals surface area (Å²) in [5, 5.41) is 10.3. The number of amides is 3. The van der Waals surface area contributed by atoms with Gasteiger partial charge in [0.05, 0.1) is 16.4 Å². The molecule has 3 amide bonds. The predicted octanol–water partition coefficient (Wildman–Crippen LogP) is 4.25. The Morgan fingerprint density at radius 3 is 2.64 bits per heavy atom. The molecule has 0 radical (unpaired) electrons. The molecule has 2 aromatic carbocycles. The van der Waals surface area contributed by atoms with Crippen molar-refractivity contribution >= 4 is 52.2 Å². The number of nitrogens with one attached hydrogen (secondary N) is 3. The number of carbonyl (C=O) groups excluding carboxylic acids is 2. The normalized spacial score (nSPS) is 13.7. The summed E-state index contributed by atoms with van der Waals surface area (Å²) in [5.74, 6) is -0.0998. The summed E-state index contributed by atoms with van der Waals surface area (Å²) in [5.41, 5.74) is 5.12. The first-order chi connectivity index (χ1) is 12.0. The minimum atomic E-state index is -0.430. The Morgan fingerprint density at radius 1 is 1.08 bits per heavy atom. The lowest BCUT2D eigenvalue weighted by molar-refractivity contribution is -0.121. The number of halogens is 2. The third-order valence-electron chi connectivity index (χ3n) is 3.54. The highest BCUT2D eigenvalue weighted by atomic mass is 35.5. The van der Waals surface area contributed by atoms with Gasteiger partial charge >= 0.3 is 6.03 Å². The van der Waals surface area contributed by atoms with E-state index in [-0.39, 0.29) is 5.91 Å². The largest absolute Gasteiger partial charge is 0.323 e. The van der Waals surface area contributed by atoms with Gasteiger partial charge < -0.3 is 10.6 Å². The molecule has 1 heterocycles. The number of rotatable bonds is 3. The molecule has 2 aromatic rings. The van der Waals surface area contributed by atoms with Crippen LogP contribution < -0.4 is 16.1 Å². The van der Waals surface area contributed by atoms with E-state index in [1.807, 2.05) is 6.07 Å². The monoisotopic (exact) mass is 376 g/mol. The third-order valence-corrected chi connectivity index (χ3v) is 4.09. The number of carbonyl (C=O) groups is 2. The van der Waals surface area contributed by atoms with Crippen molar-refractivity contribution in [3.8, 4) is 0 Å². The standard InChI is InChI=1S/C17H14Cl2N4O2/c18-11-4-5-15(13(19)9-11)21-17(25)20-12-3-1-2-10(8-12)14-6-7-16(24)23-22-14/h1-5,8-9H,6-7H2,(H,23,24)(H2,20,21,25). The summed E-state index contributed by atoms with van der Waals surface area (Å²) in [6.07, 6.45) is 0.952. The fourth-order valence-electron chi connectivity index (χ4n) is 2.33. The Morgan fingerprint density at radius 2 is 1.92 bits per heavy atom. The van der Waals surface area contributed by atoms with Crippen molar-refractivity contribution in [3.05, 3.63) is 58.1 Å². The van der Waals surface area contributed by atoms with Gasteiger partial charge in [0.1, 0.15) is 0 Å². The van der Waals surface area contributed by atoms with Gasteiger partial charge in [-0.3, -0.25) is 4.79 Å². The first-order valence-corrected chi connectivity index (χ1v) is 8.26. The van der Waals surface area contributed by atoms with Gasteiger partial charge in [0.25, 0.3) is 0 Å². The van der Waals surface area contributed by atoms with E-state index in [1.165, 1.54) is 0 Å². The van der Waals surface area contributed by atoms with E-state index in [0.29, 0.717) is 34.3 Å². The fourth-order valence-corrected chi connectivity index (χ4v) is 2.79. The van der Waals surface area contributed by atoms with Crippen molar-refractivity contribution in [1.82, 2.24) is 5.43 Å². The molecular formula is C17H14Cl2N4O2. The maximum Gasteiger partial charge on any atom is 0.323 e. The number of nitrogens with zero attached hydrogens (tertiary/aromatic N) is 1. The summed E-state index contributed by atoms with van der Waals surface area (Å²) in [7, 11) is 0. The van der Waals surface area contributed by atoms with E-state index in [1.54, 1.807) is 36.4 Å². The highest BCUT2D eigenvalue weighted by molar-refractivity contribution is 6.36. The van der Waals surface area contributed by atoms with Crippen LogP contribution in [-0.4, -0.2) is 17.6 Å². The van der Waals surface area contributed by atoms with Crippen LogP contribution in [0.2, 0.25) is 10.0 Å². The van der Waals surface area contributed by atoms with Gasteiger partial charge in [-0.2, -0.15) is 5.10 Å². The maximum absolute atomic E-state index is 12.1. The predicted molar refractivity (Wildman–Crippen MR) is 99.5 cm³/mol. The Hall–Kier alpha value is -2.57. The smallest absolute Gasteiger partial charge is 0.308 e. The molecule has 25 heavy (non-hydrogen) atoms. The molecule has 1 aliphatic rings. The van der Waals surface area contributed by atoms with Gasteiger partial charge in [0, 0.05) is 23.6 Å². The van der Waals surface area contributed by atoms with Crippen LogP contribution in [0.4, 0.5) is 16.2 Å². The van der Waals surface area contributed by atoms with Gasteiger partial charge in [0.15, 0.2) is 0 Å². The molecule has 0 bridgehead atoms. The van der Waals surface area contributed by atoms with Crippen molar-refractivity contribution in [2.24, 2.45) is 5.10 Å². The summed E-state index contributed by atoms with van der Waals surface area (Å²) in [6, 6.07) is 11.6. The molecule has 0 fully saturated rings. The first kappa shape index (κ1) is 17.3. The van der Waals surface area contributed by atoms with Crippen LogP contribution in [0.25, 0.3) is 0 Å². The Kier molecular flexibility index (Phi) is 5.21. The lowest BCUT2D eigenvalue weighted by atomic mass is 10.0. The van der Waals surface area contributed by atoms with Gasteiger partial charge in [0.2, 0.25) is 5.91 Å². The maximum atomic E-state index is 12.1. The number of hydrogen-bond acceptors (Lipinski definition) is 3. The quantitative estimate of drug-likeness (QED) is 0.747. The highest BCUT2D eigenvalue weighted by Gasteiger charge is 2.14. The van der Waals surface area contributed by atoms with E-state index in [0.717, 1.165) is 11.3 Å². The van der Waals surface area contributed by atoms with Gasteiger partial charge in [-0.05, 0) is 35.9 Å². The highest BCUT2D eigenvalue weighted by Crippen LogP contribution is 2.25. The van der Waals surface area contributed by atoms with Crippen LogP contribution in [0.5, 0.6) is 0 Å². The van der Waals surface area contributed by atoms with Crippen LogP contribution in [0.15, 0.2) is 47.6 Å². The molecule has 0 aliphatic carbocycles. The molecule has 3 N–H and O–H groups in total. The molecule has 8 heteroatoms. The summed E-state index contributed by atoms with van der Waals surface area (Å²) in [4.78, 5) is 23.3. The lowest BCUT2D eigenvalue weighted by Crippen LogP contribution is -2.26. The fraction of sp³-hybridized carbons (Fsp3) is 0.118. The summed E-state index contributed by atoms with van der Waals surface area (Å²) < 4.78 is 0. The second-order valence-electron chi connectivity index (χ2n) is 5.38. The zero-order valence-electron chi connectivity index (χ0n) is 13.0. The Labute approximate surface area is 154 Å². The lowest BCUT2D eigenvalue weighted by Gasteiger charge is -2.13. The van der Waals surface area contributed by atoms with Gasteiger partial charge in [-0.25, -0.2) is 10.2 Å². The van der Waals surface area contributed by atoms with Crippen LogP contribution in [-0.2, 0) is 4.79 Å². The topological polar surface area (TPSA) is 82.6 Å². The Balaban J connectivity index is 1.69. The number of urea groups is 1. The first-order valence-electron chi connectivity index (χ1n) is 7.50. The van der Waals surface area contributed by atoms with Crippen LogP contribution in [0.1, 0.15) is 18.4 Å². The molecule has 0 spiro atoms.